The van der Waals surface area contributed by atoms with E-state index in [4.69, 9.17) is 0 Å². The predicted octanol–water partition coefficient (Wildman–Crippen LogP) is 1.71. The fraction of sp³-hybridized carbons (Fsp3) is 0.125. The molecule has 0 saturated heterocycles. The van der Waals surface area contributed by atoms with E-state index in [0.717, 1.165) is 0 Å². The van der Waals surface area contributed by atoms with Crippen LogP contribution < -0.4 is 4.72 Å². The van der Waals surface area contributed by atoms with E-state index in [1.54, 1.807) is 23.8 Å². The van der Waals surface area contributed by atoms with Gasteiger partial charge in [0.15, 0.2) is 0 Å². The second kappa shape index (κ2) is 4.66. The van der Waals surface area contributed by atoms with Crippen molar-refractivity contribution in [2.45, 2.75) is 10.8 Å². The van der Waals surface area contributed by atoms with E-state index >= 15 is 0 Å². The average molecular weight is 322 g/mol. The van der Waals surface area contributed by atoms with Crippen molar-refractivity contribution in [2.75, 3.05) is 0 Å². The lowest BCUT2D eigenvalue weighted by atomic mass is 10.6. The Morgan fingerprint density at radius 3 is 2.94 bits per heavy atom. The molecule has 0 aliphatic carbocycles. The van der Waals surface area contributed by atoms with E-state index in [1.165, 1.54) is 11.3 Å². The van der Waals surface area contributed by atoms with Crippen LogP contribution in [0.1, 0.15) is 5.82 Å². The van der Waals surface area contributed by atoms with Gasteiger partial charge < -0.3 is 4.98 Å². The SMILES string of the molecule is O=S(=O)(NCc1ncc[nH]1)c1sccc1Br. The first kappa shape index (κ1) is 11.8. The summed E-state index contributed by atoms with van der Waals surface area (Å²) in [4.78, 5) is 6.76. The Hall–Kier alpha value is -0.700. The highest BCUT2D eigenvalue weighted by atomic mass is 79.9. The number of aromatic amines is 1. The summed E-state index contributed by atoms with van der Waals surface area (Å²) >= 11 is 4.35. The lowest BCUT2D eigenvalue weighted by molar-refractivity contribution is 0.581. The van der Waals surface area contributed by atoms with Crippen LogP contribution in [0.2, 0.25) is 0 Å². The molecule has 2 heterocycles. The maximum Gasteiger partial charge on any atom is 0.251 e. The lowest BCUT2D eigenvalue weighted by Crippen LogP contribution is -2.23. The second-order valence-corrected chi connectivity index (χ2v) is 6.65. The van der Waals surface area contributed by atoms with Crippen LogP contribution in [-0.4, -0.2) is 18.4 Å². The van der Waals surface area contributed by atoms with Crippen molar-refractivity contribution in [3.8, 4) is 0 Å². The first-order chi connectivity index (χ1) is 7.59. The molecule has 2 aromatic rings. The minimum absolute atomic E-state index is 0.152. The number of H-pyrrole nitrogens is 1. The Bertz CT molecular complexity index is 562. The van der Waals surface area contributed by atoms with Gasteiger partial charge in [-0.05, 0) is 27.4 Å². The van der Waals surface area contributed by atoms with Gasteiger partial charge >= 0.3 is 0 Å². The zero-order valence-corrected chi connectivity index (χ0v) is 11.2. The molecule has 0 aromatic carbocycles. The second-order valence-electron chi connectivity index (χ2n) is 2.92. The first-order valence-electron chi connectivity index (χ1n) is 4.30. The van der Waals surface area contributed by atoms with Gasteiger partial charge in [-0.25, -0.2) is 18.1 Å². The van der Waals surface area contributed by atoms with Crippen LogP contribution in [0.5, 0.6) is 0 Å². The molecule has 0 aliphatic rings. The van der Waals surface area contributed by atoms with Crippen LogP contribution in [0, 0.1) is 0 Å². The smallest absolute Gasteiger partial charge is 0.251 e. The predicted molar refractivity (Wildman–Crippen MR) is 64.6 cm³/mol. The van der Waals surface area contributed by atoms with Gasteiger partial charge in [0.05, 0.1) is 6.54 Å². The molecule has 16 heavy (non-hydrogen) atoms. The number of hydrogen-bond donors (Lipinski definition) is 2. The Labute approximate surface area is 105 Å². The molecule has 2 rings (SSSR count). The summed E-state index contributed by atoms with van der Waals surface area (Å²) in [7, 11) is -3.46. The van der Waals surface area contributed by atoms with Crippen molar-refractivity contribution in [2.24, 2.45) is 0 Å². The van der Waals surface area contributed by atoms with Crippen LogP contribution in [0.15, 0.2) is 32.5 Å². The third-order valence-electron chi connectivity index (χ3n) is 1.81. The van der Waals surface area contributed by atoms with Gasteiger partial charge in [0.25, 0.3) is 10.0 Å². The maximum absolute atomic E-state index is 11.8. The largest absolute Gasteiger partial charge is 0.347 e. The van der Waals surface area contributed by atoms with Gasteiger partial charge in [-0.1, -0.05) is 0 Å². The molecular weight excluding hydrogens is 314 g/mol. The van der Waals surface area contributed by atoms with Crippen molar-refractivity contribution >= 4 is 37.3 Å². The van der Waals surface area contributed by atoms with E-state index in [-0.39, 0.29) is 10.8 Å². The molecule has 0 amide bonds. The van der Waals surface area contributed by atoms with Crippen molar-refractivity contribution in [3.05, 3.63) is 34.1 Å². The van der Waals surface area contributed by atoms with Crippen LogP contribution >= 0.6 is 27.3 Å². The maximum atomic E-state index is 11.8. The summed E-state index contributed by atoms with van der Waals surface area (Å²) in [5, 5.41) is 1.71. The van der Waals surface area contributed by atoms with Gasteiger partial charge in [0.1, 0.15) is 10.0 Å². The quantitative estimate of drug-likeness (QED) is 0.900. The van der Waals surface area contributed by atoms with Crippen LogP contribution in [0.25, 0.3) is 0 Å². The van der Waals surface area contributed by atoms with Gasteiger partial charge in [0.2, 0.25) is 0 Å². The third-order valence-corrected chi connectivity index (χ3v) is 5.88. The standard InChI is InChI=1S/C8H8BrN3O2S2/c9-6-1-4-15-8(6)16(13,14)12-5-7-10-2-3-11-7/h1-4,12H,5H2,(H,10,11). The monoisotopic (exact) mass is 321 g/mol. The number of nitrogens with one attached hydrogen (secondary N) is 2. The van der Waals surface area contributed by atoms with E-state index in [9.17, 15) is 8.42 Å². The van der Waals surface area contributed by atoms with Crippen LogP contribution in [-0.2, 0) is 16.6 Å². The summed E-state index contributed by atoms with van der Waals surface area (Å²) in [6, 6.07) is 1.70. The Balaban J connectivity index is 2.13. The lowest BCUT2D eigenvalue weighted by Gasteiger charge is -2.03. The minimum Gasteiger partial charge on any atom is -0.347 e. The van der Waals surface area contributed by atoms with Crippen molar-refractivity contribution in [3.63, 3.8) is 0 Å². The van der Waals surface area contributed by atoms with Gasteiger partial charge in [0, 0.05) is 16.9 Å². The van der Waals surface area contributed by atoms with E-state index in [0.29, 0.717) is 10.3 Å². The first-order valence-corrected chi connectivity index (χ1v) is 7.46. The summed E-state index contributed by atoms with van der Waals surface area (Å²) in [5.74, 6) is 0.580. The molecule has 0 spiro atoms. The topological polar surface area (TPSA) is 74.8 Å². The van der Waals surface area contributed by atoms with E-state index in [1.807, 2.05) is 0 Å². The van der Waals surface area contributed by atoms with Gasteiger partial charge in [-0.3, -0.25) is 0 Å². The Morgan fingerprint density at radius 1 is 1.56 bits per heavy atom. The molecule has 0 saturated carbocycles. The summed E-state index contributed by atoms with van der Waals surface area (Å²) < 4.78 is 27.0. The normalized spacial score (nSPS) is 11.8. The van der Waals surface area contributed by atoms with Gasteiger partial charge in [-0.15, -0.1) is 11.3 Å². The number of thiophene rings is 1. The molecule has 0 bridgehead atoms. The average Bonchev–Trinajstić information content (AvgIpc) is 2.85. The fourth-order valence-corrected chi connectivity index (χ4v) is 4.46. The van der Waals surface area contributed by atoms with Crippen molar-refractivity contribution < 1.29 is 8.42 Å². The number of hydrogen-bond acceptors (Lipinski definition) is 4. The van der Waals surface area contributed by atoms with Crippen LogP contribution in [0.3, 0.4) is 0 Å². The molecule has 8 heteroatoms. The number of aromatic nitrogens is 2. The minimum atomic E-state index is -3.46. The molecule has 2 aromatic heterocycles. The number of imidazole rings is 1. The van der Waals surface area contributed by atoms with Crippen molar-refractivity contribution in [1.82, 2.24) is 14.7 Å². The number of nitrogens with zero attached hydrogens (tertiary/aromatic N) is 1. The molecule has 0 unspecified atom stereocenters. The highest BCUT2D eigenvalue weighted by molar-refractivity contribution is 9.10. The number of rotatable bonds is 4. The van der Waals surface area contributed by atoms with E-state index < -0.39 is 10.0 Å². The summed E-state index contributed by atoms with van der Waals surface area (Å²) in [6.07, 6.45) is 3.22. The van der Waals surface area contributed by atoms with Crippen molar-refractivity contribution in [1.29, 1.82) is 0 Å². The van der Waals surface area contributed by atoms with Crippen LogP contribution in [0.4, 0.5) is 0 Å². The summed E-state index contributed by atoms with van der Waals surface area (Å²) in [5.41, 5.74) is 0. The molecule has 0 atom stereocenters. The highest BCUT2D eigenvalue weighted by Crippen LogP contribution is 2.27. The van der Waals surface area contributed by atoms with Gasteiger partial charge in [-0.2, -0.15) is 0 Å². The molecule has 2 N–H and O–H groups in total. The number of sulfonamides is 1. The highest BCUT2D eigenvalue weighted by Gasteiger charge is 2.18. The Kier molecular flexibility index (Phi) is 3.43. The molecule has 0 fully saturated rings. The third kappa shape index (κ3) is 2.51. The Morgan fingerprint density at radius 2 is 2.38 bits per heavy atom. The zero-order chi connectivity index (χ0) is 11.6. The molecule has 5 nitrogen and oxygen atoms in total. The molecular formula is C8H8BrN3O2S2. The zero-order valence-electron chi connectivity index (χ0n) is 7.97. The fourth-order valence-electron chi connectivity index (χ4n) is 1.10. The molecule has 86 valence electrons. The molecule has 0 radical (unpaired) electrons. The molecule has 0 aliphatic heterocycles. The number of halogens is 1. The van der Waals surface area contributed by atoms with E-state index in [2.05, 4.69) is 30.6 Å². The summed E-state index contributed by atoms with van der Waals surface area (Å²) in [6.45, 7) is 0.152.